The summed E-state index contributed by atoms with van der Waals surface area (Å²) < 4.78 is 2.42. The van der Waals surface area contributed by atoms with Crippen molar-refractivity contribution >= 4 is 22.6 Å². The molecule has 2 aromatic rings. The van der Waals surface area contributed by atoms with Crippen molar-refractivity contribution in [1.82, 2.24) is 19.7 Å². The highest BCUT2D eigenvalue weighted by Crippen LogP contribution is 2.04. The van der Waals surface area contributed by atoms with Crippen molar-refractivity contribution in [3.8, 4) is 12.0 Å². The summed E-state index contributed by atoms with van der Waals surface area (Å²) in [6.07, 6.45) is 6.44. The quantitative estimate of drug-likeness (QED) is 0.740. The van der Waals surface area contributed by atoms with Gasteiger partial charge in [0.1, 0.15) is 6.07 Å². The molecule has 0 fully saturated rings. The first-order valence-electron chi connectivity index (χ1n) is 3.72. The van der Waals surface area contributed by atoms with Crippen LogP contribution in [0.1, 0.15) is 5.56 Å². The summed E-state index contributed by atoms with van der Waals surface area (Å²) in [6, 6.07) is 1.99. The van der Waals surface area contributed by atoms with Gasteiger partial charge in [0.2, 0.25) is 0 Å². The van der Waals surface area contributed by atoms with E-state index in [4.69, 9.17) is 5.26 Å². The molecule has 6 heteroatoms. The zero-order valence-corrected chi connectivity index (χ0v) is 9.08. The summed E-state index contributed by atoms with van der Waals surface area (Å²) in [5.74, 6) is 0.465. The second kappa shape index (κ2) is 3.71. The molecular weight excluding hydrogens is 293 g/mol. The number of rotatable bonds is 1. The Hall–Kier alpha value is -1.49. The number of hydrogen-bond acceptors (Lipinski definition) is 4. The first kappa shape index (κ1) is 9.08. The van der Waals surface area contributed by atoms with Crippen molar-refractivity contribution in [2.45, 2.75) is 0 Å². The van der Waals surface area contributed by atoms with E-state index in [1.54, 1.807) is 18.6 Å². The van der Waals surface area contributed by atoms with Crippen LogP contribution in [-0.4, -0.2) is 19.7 Å². The maximum absolute atomic E-state index is 8.60. The van der Waals surface area contributed by atoms with Gasteiger partial charge in [0.05, 0.1) is 18.0 Å². The second-order valence-electron chi connectivity index (χ2n) is 2.49. The molecule has 14 heavy (non-hydrogen) atoms. The molecule has 2 rings (SSSR count). The van der Waals surface area contributed by atoms with Gasteiger partial charge in [-0.25, -0.2) is 14.6 Å². The van der Waals surface area contributed by atoms with Crippen molar-refractivity contribution in [3.05, 3.63) is 33.9 Å². The molecule has 0 aliphatic carbocycles. The summed E-state index contributed by atoms with van der Waals surface area (Å²) in [5, 5.41) is 12.6. The smallest absolute Gasteiger partial charge is 0.219 e. The van der Waals surface area contributed by atoms with E-state index in [9.17, 15) is 0 Å². The minimum Gasteiger partial charge on any atom is -0.219 e. The van der Waals surface area contributed by atoms with E-state index < -0.39 is 0 Å². The van der Waals surface area contributed by atoms with Gasteiger partial charge >= 0.3 is 0 Å². The van der Waals surface area contributed by atoms with Crippen molar-refractivity contribution in [2.24, 2.45) is 0 Å². The van der Waals surface area contributed by atoms with E-state index in [0.29, 0.717) is 11.5 Å². The van der Waals surface area contributed by atoms with Gasteiger partial charge in [-0.1, -0.05) is 0 Å². The molecule has 0 amide bonds. The normalized spacial score (nSPS) is 9.71. The number of halogens is 1. The molecule has 0 aliphatic heterocycles. The van der Waals surface area contributed by atoms with Gasteiger partial charge in [-0.05, 0) is 22.6 Å². The molecule has 0 radical (unpaired) electrons. The zero-order chi connectivity index (χ0) is 9.97. The molecule has 68 valence electrons. The van der Waals surface area contributed by atoms with Crippen molar-refractivity contribution in [1.29, 1.82) is 5.26 Å². The minimum atomic E-state index is 0.465. The molecular formula is C8H4IN5. The topological polar surface area (TPSA) is 67.4 Å². The molecule has 0 spiro atoms. The third-order valence-corrected chi connectivity index (χ3v) is 2.08. The van der Waals surface area contributed by atoms with Crippen LogP contribution < -0.4 is 0 Å². The fourth-order valence-electron chi connectivity index (χ4n) is 0.914. The predicted molar refractivity (Wildman–Crippen MR) is 56.6 cm³/mol. The Morgan fingerprint density at radius 1 is 1.29 bits per heavy atom. The third kappa shape index (κ3) is 1.72. The molecule has 2 aromatic heterocycles. The predicted octanol–water partition coefficient (Wildman–Crippen LogP) is 1.14. The molecule has 5 nitrogen and oxygen atoms in total. The molecule has 2 heterocycles. The van der Waals surface area contributed by atoms with Crippen LogP contribution in [0.15, 0.2) is 24.8 Å². The molecule has 0 bridgehead atoms. The van der Waals surface area contributed by atoms with Crippen molar-refractivity contribution in [2.75, 3.05) is 0 Å². The lowest BCUT2D eigenvalue weighted by atomic mass is 10.4. The highest BCUT2D eigenvalue weighted by atomic mass is 127. The van der Waals surface area contributed by atoms with E-state index in [1.165, 1.54) is 10.9 Å². The molecule has 0 saturated carbocycles. The first-order valence-corrected chi connectivity index (χ1v) is 4.80. The summed E-state index contributed by atoms with van der Waals surface area (Å²) >= 11 is 2.12. The summed E-state index contributed by atoms with van der Waals surface area (Å²) in [7, 11) is 0. The molecule has 0 N–H and O–H groups in total. The lowest BCUT2D eigenvalue weighted by Crippen LogP contribution is -2.00. The van der Waals surface area contributed by atoms with Crippen LogP contribution in [0, 0.1) is 14.9 Å². The molecule has 0 atom stereocenters. The van der Waals surface area contributed by atoms with Gasteiger partial charge < -0.3 is 0 Å². The molecule has 0 aromatic carbocycles. The van der Waals surface area contributed by atoms with E-state index in [2.05, 4.69) is 37.7 Å². The highest BCUT2D eigenvalue weighted by Gasteiger charge is 2.01. The standard InChI is InChI=1S/C8H4IN5/c9-7-3-11-8(12-4-7)14-5-6(1-10)2-13-14/h2-5H. The van der Waals surface area contributed by atoms with Crippen LogP contribution >= 0.6 is 22.6 Å². The summed E-state index contributed by atoms with van der Waals surface area (Å²) in [6.45, 7) is 0. The average molecular weight is 297 g/mol. The summed E-state index contributed by atoms with van der Waals surface area (Å²) in [4.78, 5) is 8.14. The van der Waals surface area contributed by atoms with Crippen LogP contribution in [0.2, 0.25) is 0 Å². The zero-order valence-electron chi connectivity index (χ0n) is 6.92. The third-order valence-electron chi connectivity index (χ3n) is 1.52. The minimum absolute atomic E-state index is 0.465. The largest absolute Gasteiger partial charge is 0.250 e. The Kier molecular flexibility index (Phi) is 2.41. The monoisotopic (exact) mass is 297 g/mol. The lowest BCUT2D eigenvalue weighted by Gasteiger charge is -1.96. The maximum atomic E-state index is 8.60. The fourth-order valence-corrected chi connectivity index (χ4v) is 1.19. The van der Waals surface area contributed by atoms with Crippen LogP contribution in [0.3, 0.4) is 0 Å². The Morgan fingerprint density at radius 2 is 2.00 bits per heavy atom. The molecule has 0 aliphatic rings. The van der Waals surface area contributed by atoms with Gasteiger partial charge in [0, 0.05) is 16.0 Å². The van der Waals surface area contributed by atoms with Crippen molar-refractivity contribution in [3.63, 3.8) is 0 Å². The second-order valence-corrected chi connectivity index (χ2v) is 3.73. The van der Waals surface area contributed by atoms with Crippen LogP contribution in [0.4, 0.5) is 0 Å². The Morgan fingerprint density at radius 3 is 2.57 bits per heavy atom. The van der Waals surface area contributed by atoms with Crippen molar-refractivity contribution < 1.29 is 0 Å². The Labute approximate surface area is 93.6 Å². The van der Waals surface area contributed by atoms with Gasteiger partial charge in [-0.2, -0.15) is 10.4 Å². The Balaban J connectivity index is 2.40. The van der Waals surface area contributed by atoms with Crippen LogP contribution in [0.25, 0.3) is 5.95 Å². The molecule has 0 unspecified atom stereocenters. The van der Waals surface area contributed by atoms with Gasteiger partial charge in [-0.15, -0.1) is 0 Å². The van der Waals surface area contributed by atoms with Gasteiger partial charge in [-0.3, -0.25) is 0 Å². The van der Waals surface area contributed by atoms with E-state index in [-0.39, 0.29) is 0 Å². The van der Waals surface area contributed by atoms with E-state index >= 15 is 0 Å². The van der Waals surface area contributed by atoms with Gasteiger partial charge in [0.15, 0.2) is 0 Å². The first-order chi connectivity index (χ1) is 6.79. The maximum Gasteiger partial charge on any atom is 0.250 e. The SMILES string of the molecule is N#Cc1cnn(-c2ncc(I)cn2)c1. The van der Waals surface area contributed by atoms with Crippen LogP contribution in [0.5, 0.6) is 0 Å². The fraction of sp³-hybridized carbons (Fsp3) is 0. The average Bonchev–Trinajstić information content (AvgIpc) is 2.67. The number of aromatic nitrogens is 4. The number of hydrogen-bond donors (Lipinski definition) is 0. The highest BCUT2D eigenvalue weighted by molar-refractivity contribution is 14.1. The number of nitriles is 1. The molecule has 0 saturated heterocycles. The lowest BCUT2D eigenvalue weighted by molar-refractivity contribution is 0.806. The van der Waals surface area contributed by atoms with Gasteiger partial charge in [0.25, 0.3) is 5.95 Å². The number of nitrogens with zero attached hydrogens (tertiary/aromatic N) is 5. The van der Waals surface area contributed by atoms with E-state index in [1.807, 2.05) is 6.07 Å². The van der Waals surface area contributed by atoms with Crippen LogP contribution in [-0.2, 0) is 0 Å². The Bertz CT molecular complexity index is 481. The summed E-state index contributed by atoms with van der Waals surface area (Å²) in [5.41, 5.74) is 0.493. The van der Waals surface area contributed by atoms with E-state index in [0.717, 1.165) is 3.57 Å².